The highest BCUT2D eigenvalue weighted by atomic mass is 19.1. The Hall–Kier alpha value is -0.920. The third-order valence-corrected chi connectivity index (χ3v) is 2.67. The van der Waals surface area contributed by atoms with Gasteiger partial charge in [0, 0.05) is 5.56 Å². The van der Waals surface area contributed by atoms with Gasteiger partial charge in [0.25, 0.3) is 0 Å². The molecule has 0 saturated carbocycles. The standard InChI is InChI=1S/C11H12F2/c1-6(2)10-9(12)5-7-3-4-8(7)11(10)13/h5-6H,3-4H2,1-2H3. The fourth-order valence-electron chi connectivity index (χ4n) is 1.83. The van der Waals surface area contributed by atoms with E-state index in [4.69, 9.17) is 0 Å². The summed E-state index contributed by atoms with van der Waals surface area (Å²) in [6.07, 6.45) is 1.59. The molecule has 0 atom stereocenters. The second-order valence-corrected chi connectivity index (χ2v) is 3.88. The van der Waals surface area contributed by atoms with Gasteiger partial charge in [0.2, 0.25) is 0 Å². The number of rotatable bonds is 1. The highest BCUT2D eigenvalue weighted by molar-refractivity contribution is 5.42. The molecule has 13 heavy (non-hydrogen) atoms. The van der Waals surface area contributed by atoms with Gasteiger partial charge < -0.3 is 0 Å². The predicted molar refractivity (Wildman–Crippen MR) is 47.9 cm³/mol. The summed E-state index contributed by atoms with van der Waals surface area (Å²) in [4.78, 5) is 0. The summed E-state index contributed by atoms with van der Waals surface area (Å²) in [6, 6.07) is 1.48. The molecule has 2 heteroatoms. The molecule has 0 nitrogen and oxygen atoms in total. The van der Waals surface area contributed by atoms with Crippen molar-refractivity contribution >= 4 is 0 Å². The van der Waals surface area contributed by atoms with Crippen molar-refractivity contribution in [2.24, 2.45) is 0 Å². The van der Waals surface area contributed by atoms with Gasteiger partial charge in [-0.3, -0.25) is 0 Å². The van der Waals surface area contributed by atoms with Crippen LogP contribution >= 0.6 is 0 Å². The number of fused-ring (bicyclic) bond motifs is 1. The molecule has 1 aliphatic rings. The van der Waals surface area contributed by atoms with Gasteiger partial charge in [0.15, 0.2) is 0 Å². The number of halogens is 2. The second-order valence-electron chi connectivity index (χ2n) is 3.88. The largest absolute Gasteiger partial charge is 0.207 e. The smallest absolute Gasteiger partial charge is 0.133 e. The van der Waals surface area contributed by atoms with Crippen LogP contribution in [0.15, 0.2) is 6.07 Å². The molecule has 2 rings (SSSR count). The summed E-state index contributed by atoms with van der Waals surface area (Å²) >= 11 is 0. The van der Waals surface area contributed by atoms with Gasteiger partial charge >= 0.3 is 0 Å². The molecular weight excluding hydrogens is 170 g/mol. The molecule has 0 heterocycles. The Balaban J connectivity index is 2.62. The molecule has 0 saturated heterocycles. The molecular formula is C11H12F2. The van der Waals surface area contributed by atoms with Crippen LogP contribution in [0.25, 0.3) is 0 Å². The van der Waals surface area contributed by atoms with Crippen LogP contribution in [0.1, 0.15) is 36.5 Å². The topological polar surface area (TPSA) is 0 Å². The zero-order valence-electron chi connectivity index (χ0n) is 7.82. The number of hydrogen-bond donors (Lipinski definition) is 0. The maximum absolute atomic E-state index is 13.6. The summed E-state index contributed by atoms with van der Waals surface area (Å²) in [5.74, 6) is -0.770. The number of hydrogen-bond acceptors (Lipinski definition) is 0. The first-order chi connectivity index (χ1) is 6.11. The average molecular weight is 182 g/mol. The van der Waals surface area contributed by atoms with Crippen LogP contribution in [-0.2, 0) is 12.8 Å². The Labute approximate surface area is 76.6 Å². The summed E-state index contributed by atoms with van der Waals surface area (Å²) in [5.41, 5.74) is 1.82. The van der Waals surface area contributed by atoms with Gasteiger partial charge in [0.05, 0.1) is 0 Å². The summed E-state index contributed by atoms with van der Waals surface area (Å²) < 4.78 is 26.9. The van der Waals surface area contributed by atoms with Gasteiger partial charge in [-0.2, -0.15) is 0 Å². The van der Waals surface area contributed by atoms with Crippen molar-refractivity contribution in [3.05, 3.63) is 34.4 Å². The molecule has 0 bridgehead atoms. The van der Waals surface area contributed by atoms with Crippen molar-refractivity contribution in [3.8, 4) is 0 Å². The Bertz CT molecular complexity index is 354. The highest BCUT2D eigenvalue weighted by Gasteiger charge is 2.24. The van der Waals surface area contributed by atoms with E-state index < -0.39 is 0 Å². The lowest BCUT2D eigenvalue weighted by Gasteiger charge is -2.22. The van der Waals surface area contributed by atoms with E-state index in [9.17, 15) is 8.78 Å². The fraction of sp³-hybridized carbons (Fsp3) is 0.455. The average Bonchev–Trinajstić information content (AvgIpc) is 1.95. The third-order valence-electron chi connectivity index (χ3n) is 2.67. The second kappa shape index (κ2) is 2.79. The van der Waals surface area contributed by atoms with Crippen LogP contribution in [0.3, 0.4) is 0 Å². The third kappa shape index (κ3) is 1.16. The van der Waals surface area contributed by atoms with Crippen molar-refractivity contribution < 1.29 is 8.78 Å². The Kier molecular flexibility index (Phi) is 1.86. The summed E-state index contributed by atoms with van der Waals surface area (Å²) in [5, 5.41) is 0. The van der Waals surface area contributed by atoms with Gasteiger partial charge in [-0.1, -0.05) is 13.8 Å². The van der Waals surface area contributed by atoms with E-state index in [1.807, 2.05) is 13.8 Å². The van der Waals surface area contributed by atoms with E-state index in [2.05, 4.69) is 0 Å². The van der Waals surface area contributed by atoms with Crippen LogP contribution < -0.4 is 0 Å². The van der Waals surface area contributed by atoms with Crippen LogP contribution in [0.4, 0.5) is 8.78 Å². The first kappa shape index (κ1) is 8.67. The van der Waals surface area contributed by atoms with E-state index in [1.165, 1.54) is 6.07 Å². The summed E-state index contributed by atoms with van der Waals surface area (Å²) in [6.45, 7) is 3.62. The van der Waals surface area contributed by atoms with Gasteiger partial charge in [-0.05, 0) is 36.0 Å². The van der Waals surface area contributed by atoms with Crippen molar-refractivity contribution in [3.63, 3.8) is 0 Å². The monoisotopic (exact) mass is 182 g/mol. The lowest BCUT2D eigenvalue weighted by molar-refractivity contribution is 0.516. The van der Waals surface area contributed by atoms with Crippen molar-refractivity contribution in [1.82, 2.24) is 0 Å². The normalized spacial score (nSPS) is 14.2. The molecule has 1 aliphatic carbocycles. The zero-order valence-corrected chi connectivity index (χ0v) is 7.82. The van der Waals surface area contributed by atoms with E-state index in [1.54, 1.807) is 0 Å². The lowest BCUT2D eigenvalue weighted by Crippen LogP contribution is -2.15. The molecule has 0 fully saturated rings. The molecule has 0 spiro atoms. The maximum Gasteiger partial charge on any atom is 0.133 e. The SMILES string of the molecule is CC(C)c1c(F)cc2c(c1F)CC2. The van der Waals surface area contributed by atoms with Crippen LogP contribution in [0, 0.1) is 11.6 Å². The highest BCUT2D eigenvalue weighted by Crippen LogP contribution is 2.32. The van der Waals surface area contributed by atoms with E-state index >= 15 is 0 Å². The predicted octanol–water partition coefficient (Wildman–Crippen LogP) is 3.19. The molecule has 0 aliphatic heterocycles. The summed E-state index contributed by atoms with van der Waals surface area (Å²) in [7, 11) is 0. The minimum Gasteiger partial charge on any atom is -0.207 e. The quantitative estimate of drug-likeness (QED) is 0.625. The fourth-order valence-corrected chi connectivity index (χ4v) is 1.83. The minimum absolute atomic E-state index is 0.0779. The van der Waals surface area contributed by atoms with Crippen LogP contribution in [-0.4, -0.2) is 0 Å². The molecule has 1 aromatic carbocycles. The molecule has 0 unspecified atom stereocenters. The number of benzene rings is 1. The zero-order chi connectivity index (χ0) is 9.59. The van der Waals surface area contributed by atoms with Gasteiger partial charge in [0.1, 0.15) is 11.6 Å². The van der Waals surface area contributed by atoms with Gasteiger partial charge in [-0.25, -0.2) is 8.78 Å². The van der Waals surface area contributed by atoms with E-state index in [0.717, 1.165) is 24.0 Å². The first-order valence-corrected chi connectivity index (χ1v) is 4.61. The van der Waals surface area contributed by atoms with Crippen molar-refractivity contribution in [1.29, 1.82) is 0 Å². The van der Waals surface area contributed by atoms with E-state index in [0.29, 0.717) is 0 Å². The molecule has 0 amide bonds. The Morgan fingerprint density at radius 1 is 1.23 bits per heavy atom. The number of aryl methyl sites for hydroxylation is 1. The Morgan fingerprint density at radius 3 is 2.38 bits per heavy atom. The van der Waals surface area contributed by atoms with Crippen LogP contribution in [0.5, 0.6) is 0 Å². The van der Waals surface area contributed by atoms with Crippen molar-refractivity contribution in [2.75, 3.05) is 0 Å². The molecule has 0 radical (unpaired) electrons. The van der Waals surface area contributed by atoms with E-state index in [-0.39, 0.29) is 23.1 Å². The first-order valence-electron chi connectivity index (χ1n) is 4.61. The van der Waals surface area contributed by atoms with Crippen LogP contribution in [0.2, 0.25) is 0 Å². The molecule has 70 valence electrons. The Morgan fingerprint density at radius 2 is 1.92 bits per heavy atom. The molecule has 1 aromatic rings. The minimum atomic E-state index is -0.383. The molecule has 0 aromatic heterocycles. The lowest BCUT2D eigenvalue weighted by atomic mass is 9.84. The van der Waals surface area contributed by atoms with Crippen molar-refractivity contribution in [2.45, 2.75) is 32.6 Å². The van der Waals surface area contributed by atoms with Gasteiger partial charge in [-0.15, -0.1) is 0 Å². The maximum atomic E-state index is 13.6. The molecule has 0 N–H and O–H groups in total.